The van der Waals surface area contributed by atoms with E-state index in [1.165, 1.54) is 25.3 Å². The molecule has 0 unspecified atom stereocenters. The Balaban J connectivity index is 2.09. The number of carbonyl (C=O) groups is 1. The van der Waals surface area contributed by atoms with Crippen molar-refractivity contribution in [3.63, 3.8) is 0 Å². The third kappa shape index (κ3) is 3.11. The Kier molecular flexibility index (Phi) is 4.63. The summed E-state index contributed by atoms with van der Waals surface area (Å²) in [5.41, 5.74) is 0.490. The summed E-state index contributed by atoms with van der Waals surface area (Å²) in [6.07, 6.45) is 5.77. The molecule has 0 spiro atoms. The molecular formula is C16H22FNO2. The van der Waals surface area contributed by atoms with E-state index in [1.54, 1.807) is 6.07 Å². The average Bonchev–Trinajstić information content (AvgIpc) is 2.46. The van der Waals surface area contributed by atoms with Crippen molar-refractivity contribution in [2.45, 2.75) is 45.1 Å². The molecule has 1 N–H and O–H groups in total. The van der Waals surface area contributed by atoms with E-state index in [0.717, 1.165) is 24.8 Å². The number of aromatic carboxylic acids is 1. The summed E-state index contributed by atoms with van der Waals surface area (Å²) in [7, 11) is 1.90. The van der Waals surface area contributed by atoms with Crippen LogP contribution in [0.15, 0.2) is 18.2 Å². The zero-order valence-corrected chi connectivity index (χ0v) is 12.1. The number of nitrogens with zero attached hydrogens (tertiary/aromatic N) is 1. The van der Waals surface area contributed by atoms with Crippen molar-refractivity contribution in [1.82, 2.24) is 0 Å². The van der Waals surface area contributed by atoms with Crippen LogP contribution in [0.1, 0.15) is 49.4 Å². The molecule has 1 saturated carbocycles. The van der Waals surface area contributed by atoms with Crippen LogP contribution < -0.4 is 4.90 Å². The first-order valence-corrected chi connectivity index (χ1v) is 7.28. The van der Waals surface area contributed by atoms with Crippen LogP contribution in [-0.4, -0.2) is 24.2 Å². The smallest absolute Gasteiger partial charge is 0.335 e. The maximum Gasteiger partial charge on any atom is 0.335 e. The van der Waals surface area contributed by atoms with E-state index in [1.807, 2.05) is 11.9 Å². The zero-order chi connectivity index (χ0) is 14.7. The maximum atomic E-state index is 14.1. The van der Waals surface area contributed by atoms with Crippen molar-refractivity contribution in [1.29, 1.82) is 0 Å². The van der Waals surface area contributed by atoms with Crippen molar-refractivity contribution in [3.8, 4) is 0 Å². The van der Waals surface area contributed by atoms with Gasteiger partial charge in [-0.1, -0.05) is 13.3 Å². The van der Waals surface area contributed by atoms with Crippen LogP contribution in [-0.2, 0) is 0 Å². The molecule has 0 aliphatic heterocycles. The van der Waals surface area contributed by atoms with E-state index in [-0.39, 0.29) is 5.56 Å². The van der Waals surface area contributed by atoms with Gasteiger partial charge in [0.1, 0.15) is 5.82 Å². The van der Waals surface area contributed by atoms with Gasteiger partial charge in [-0.3, -0.25) is 0 Å². The Bertz CT molecular complexity index is 481. The predicted octanol–water partition coefficient (Wildman–Crippen LogP) is 3.93. The summed E-state index contributed by atoms with van der Waals surface area (Å²) in [6, 6.07) is 4.49. The fourth-order valence-corrected chi connectivity index (χ4v) is 3.06. The van der Waals surface area contributed by atoms with E-state index in [9.17, 15) is 9.18 Å². The topological polar surface area (TPSA) is 40.5 Å². The molecule has 0 aromatic heterocycles. The third-order valence-electron chi connectivity index (χ3n) is 4.52. The summed E-state index contributed by atoms with van der Waals surface area (Å²) in [6.45, 7) is 2.22. The second-order valence-corrected chi connectivity index (χ2v) is 5.67. The normalized spacial score (nSPS) is 22.6. The SMILES string of the molecule is CCC1CCC(N(C)c2ccc(C(=O)O)cc2F)CC1. The first-order chi connectivity index (χ1) is 9.52. The number of rotatable bonds is 4. The fraction of sp³-hybridized carbons (Fsp3) is 0.562. The summed E-state index contributed by atoms with van der Waals surface area (Å²) < 4.78 is 14.1. The van der Waals surface area contributed by atoms with Gasteiger partial charge in [-0.15, -0.1) is 0 Å². The summed E-state index contributed by atoms with van der Waals surface area (Å²) >= 11 is 0. The number of hydrogen-bond acceptors (Lipinski definition) is 2. The van der Waals surface area contributed by atoms with Gasteiger partial charge < -0.3 is 10.0 Å². The highest BCUT2D eigenvalue weighted by Crippen LogP contribution is 2.32. The summed E-state index contributed by atoms with van der Waals surface area (Å²) in [5.74, 6) is -0.745. The molecule has 4 heteroatoms. The lowest BCUT2D eigenvalue weighted by Crippen LogP contribution is -2.35. The maximum absolute atomic E-state index is 14.1. The Hall–Kier alpha value is -1.58. The first-order valence-electron chi connectivity index (χ1n) is 7.28. The minimum absolute atomic E-state index is 0.00524. The standard InChI is InChI=1S/C16H22FNO2/c1-3-11-4-7-13(8-5-11)18(2)15-9-6-12(16(19)20)10-14(15)17/h6,9-11,13H,3-5,7-8H2,1-2H3,(H,19,20). The molecule has 0 heterocycles. The average molecular weight is 279 g/mol. The lowest BCUT2D eigenvalue weighted by molar-refractivity contribution is 0.0696. The highest BCUT2D eigenvalue weighted by Gasteiger charge is 2.24. The highest BCUT2D eigenvalue weighted by atomic mass is 19.1. The lowest BCUT2D eigenvalue weighted by Gasteiger charge is -2.36. The Morgan fingerprint density at radius 1 is 1.35 bits per heavy atom. The van der Waals surface area contributed by atoms with Gasteiger partial charge in [0.15, 0.2) is 0 Å². The van der Waals surface area contributed by atoms with E-state index in [0.29, 0.717) is 11.7 Å². The van der Waals surface area contributed by atoms with Crippen molar-refractivity contribution in [2.75, 3.05) is 11.9 Å². The number of carboxylic acid groups (broad SMARTS) is 1. The van der Waals surface area contributed by atoms with Gasteiger partial charge in [0, 0.05) is 13.1 Å². The minimum Gasteiger partial charge on any atom is -0.478 e. The van der Waals surface area contributed by atoms with E-state index in [4.69, 9.17) is 5.11 Å². The molecule has 20 heavy (non-hydrogen) atoms. The molecule has 0 amide bonds. The molecule has 1 aromatic carbocycles. The number of halogens is 1. The van der Waals surface area contributed by atoms with Crippen LogP contribution >= 0.6 is 0 Å². The van der Waals surface area contributed by atoms with Crippen molar-refractivity contribution >= 4 is 11.7 Å². The zero-order valence-electron chi connectivity index (χ0n) is 12.1. The van der Waals surface area contributed by atoms with Gasteiger partial charge in [-0.25, -0.2) is 9.18 Å². The second kappa shape index (κ2) is 6.25. The number of benzene rings is 1. The summed E-state index contributed by atoms with van der Waals surface area (Å²) in [5, 5.41) is 8.86. The van der Waals surface area contributed by atoms with Crippen LogP contribution in [0.5, 0.6) is 0 Å². The molecule has 1 fully saturated rings. The van der Waals surface area contributed by atoms with Crippen LogP contribution in [0.3, 0.4) is 0 Å². The van der Waals surface area contributed by atoms with Crippen molar-refractivity contribution in [2.24, 2.45) is 5.92 Å². The van der Waals surface area contributed by atoms with Gasteiger partial charge in [-0.2, -0.15) is 0 Å². The molecule has 2 rings (SSSR count). The van der Waals surface area contributed by atoms with Gasteiger partial charge in [0.25, 0.3) is 0 Å². The minimum atomic E-state index is -1.10. The van der Waals surface area contributed by atoms with Crippen LogP contribution in [0.25, 0.3) is 0 Å². The van der Waals surface area contributed by atoms with Gasteiger partial charge in [0.05, 0.1) is 11.3 Å². The van der Waals surface area contributed by atoms with Crippen molar-refractivity contribution in [3.05, 3.63) is 29.6 Å². The lowest BCUT2D eigenvalue weighted by atomic mass is 9.84. The van der Waals surface area contributed by atoms with Crippen molar-refractivity contribution < 1.29 is 14.3 Å². The van der Waals surface area contributed by atoms with Crippen LogP contribution in [0.4, 0.5) is 10.1 Å². The molecule has 0 atom stereocenters. The Morgan fingerprint density at radius 3 is 2.50 bits per heavy atom. The van der Waals surface area contributed by atoms with Gasteiger partial charge in [-0.05, 0) is 49.8 Å². The fourth-order valence-electron chi connectivity index (χ4n) is 3.06. The Morgan fingerprint density at radius 2 is 2.00 bits per heavy atom. The monoisotopic (exact) mass is 279 g/mol. The quantitative estimate of drug-likeness (QED) is 0.907. The van der Waals surface area contributed by atoms with Gasteiger partial charge in [0.2, 0.25) is 0 Å². The number of carboxylic acids is 1. The molecule has 1 aliphatic rings. The Labute approximate surface area is 119 Å². The molecule has 1 aromatic rings. The highest BCUT2D eigenvalue weighted by molar-refractivity contribution is 5.88. The van der Waals surface area contributed by atoms with Crippen LogP contribution in [0.2, 0.25) is 0 Å². The van der Waals surface area contributed by atoms with E-state index >= 15 is 0 Å². The van der Waals surface area contributed by atoms with Gasteiger partial charge >= 0.3 is 5.97 Å². The first kappa shape index (κ1) is 14.8. The molecular weight excluding hydrogens is 257 g/mol. The third-order valence-corrected chi connectivity index (χ3v) is 4.52. The molecule has 0 saturated heterocycles. The molecule has 0 radical (unpaired) electrons. The van der Waals surface area contributed by atoms with E-state index in [2.05, 4.69) is 6.92 Å². The second-order valence-electron chi connectivity index (χ2n) is 5.67. The predicted molar refractivity (Wildman–Crippen MR) is 77.8 cm³/mol. The molecule has 1 aliphatic carbocycles. The molecule has 3 nitrogen and oxygen atoms in total. The number of anilines is 1. The largest absolute Gasteiger partial charge is 0.478 e. The molecule has 110 valence electrons. The molecule has 0 bridgehead atoms. The number of hydrogen-bond donors (Lipinski definition) is 1. The summed E-state index contributed by atoms with van der Waals surface area (Å²) in [4.78, 5) is 12.8. The van der Waals surface area contributed by atoms with Crippen LogP contribution in [0, 0.1) is 11.7 Å². The van der Waals surface area contributed by atoms with E-state index < -0.39 is 11.8 Å².